The Hall–Kier alpha value is -0.0800. The predicted octanol–water partition coefficient (Wildman–Crippen LogP) is 2.05. The Morgan fingerprint density at radius 3 is 2.43 bits per heavy atom. The van der Waals surface area contributed by atoms with E-state index in [0.29, 0.717) is 12.0 Å². The summed E-state index contributed by atoms with van der Waals surface area (Å²) in [6.07, 6.45) is 2.56. The first-order chi connectivity index (χ1) is 6.68. The van der Waals surface area contributed by atoms with Gasteiger partial charge in [0.15, 0.2) is 0 Å². The Balaban J connectivity index is 1.79. The number of rotatable bonds is 2. The lowest BCUT2D eigenvalue weighted by Gasteiger charge is -2.45. The van der Waals surface area contributed by atoms with E-state index in [9.17, 15) is 0 Å². The Bertz CT molecular complexity index is 195. The third-order valence-electron chi connectivity index (χ3n) is 4.23. The predicted molar refractivity (Wildman–Crippen MR) is 58.3 cm³/mol. The summed E-state index contributed by atoms with van der Waals surface area (Å²) in [5, 5.41) is 3.81. The molecule has 1 N–H and O–H groups in total. The van der Waals surface area contributed by atoms with Gasteiger partial charge in [-0.1, -0.05) is 20.8 Å². The first-order valence-electron chi connectivity index (χ1n) is 6.02. The molecule has 82 valence electrons. The lowest BCUT2D eigenvalue weighted by molar-refractivity contribution is 0.0201. The van der Waals surface area contributed by atoms with Crippen molar-refractivity contribution in [1.29, 1.82) is 0 Å². The van der Waals surface area contributed by atoms with Gasteiger partial charge < -0.3 is 10.1 Å². The molecule has 0 spiro atoms. The molecule has 14 heavy (non-hydrogen) atoms. The number of nitrogens with one attached hydrogen (secondary N) is 1. The summed E-state index contributed by atoms with van der Waals surface area (Å²) in [6.45, 7) is 8.91. The van der Waals surface area contributed by atoms with E-state index in [4.69, 9.17) is 4.74 Å². The normalized spacial score (nSPS) is 48.6. The third-order valence-corrected chi connectivity index (χ3v) is 4.23. The molecule has 0 aromatic rings. The minimum absolute atomic E-state index is 0.687. The van der Waals surface area contributed by atoms with E-state index in [1.54, 1.807) is 0 Å². The van der Waals surface area contributed by atoms with Crippen LogP contribution in [0.3, 0.4) is 0 Å². The molecule has 2 aliphatic rings. The second kappa shape index (κ2) is 4.19. The fourth-order valence-corrected chi connectivity index (χ4v) is 2.65. The van der Waals surface area contributed by atoms with Crippen molar-refractivity contribution in [3.05, 3.63) is 0 Å². The van der Waals surface area contributed by atoms with E-state index in [1.807, 2.05) is 0 Å². The quantitative estimate of drug-likeness (QED) is 0.731. The molecule has 1 aliphatic carbocycles. The van der Waals surface area contributed by atoms with Gasteiger partial charge in [0.2, 0.25) is 0 Å². The van der Waals surface area contributed by atoms with E-state index in [0.717, 1.165) is 31.1 Å². The Kier molecular flexibility index (Phi) is 3.13. The maximum absolute atomic E-state index is 5.45. The highest BCUT2D eigenvalue weighted by Gasteiger charge is 2.36. The van der Waals surface area contributed by atoms with Gasteiger partial charge in [-0.3, -0.25) is 0 Å². The Labute approximate surface area is 87.4 Å². The van der Waals surface area contributed by atoms with Crippen LogP contribution in [0.15, 0.2) is 0 Å². The lowest BCUT2D eigenvalue weighted by atomic mass is 9.71. The van der Waals surface area contributed by atoms with Gasteiger partial charge >= 0.3 is 0 Å². The average molecular weight is 197 g/mol. The third kappa shape index (κ3) is 1.96. The molecule has 1 saturated heterocycles. The van der Waals surface area contributed by atoms with Crippen LogP contribution < -0.4 is 5.32 Å². The molecule has 2 nitrogen and oxygen atoms in total. The molecule has 5 atom stereocenters. The van der Waals surface area contributed by atoms with E-state index >= 15 is 0 Å². The van der Waals surface area contributed by atoms with Crippen molar-refractivity contribution in [1.82, 2.24) is 5.32 Å². The largest absolute Gasteiger partial charge is 0.381 e. The molecular formula is C12H23NO. The smallest absolute Gasteiger partial charge is 0.0506 e. The Morgan fingerprint density at radius 1 is 1.07 bits per heavy atom. The van der Waals surface area contributed by atoms with Crippen LogP contribution >= 0.6 is 0 Å². The summed E-state index contributed by atoms with van der Waals surface area (Å²) in [5.74, 6) is 2.47. The van der Waals surface area contributed by atoms with Gasteiger partial charge in [-0.25, -0.2) is 0 Å². The van der Waals surface area contributed by atoms with Crippen LogP contribution in [0.1, 0.15) is 33.6 Å². The van der Waals surface area contributed by atoms with Crippen molar-refractivity contribution in [2.24, 2.45) is 17.8 Å². The van der Waals surface area contributed by atoms with E-state index in [2.05, 4.69) is 26.1 Å². The zero-order valence-electron chi connectivity index (χ0n) is 9.62. The average Bonchev–Trinajstić information content (AvgIpc) is 2.20. The molecule has 5 unspecified atom stereocenters. The standard InChI is InChI=1S/C12H23NO/c1-8-6-12(10(8)3)13-11-4-5-14-7-9(11)2/h8-13H,4-7H2,1-3H3. The molecule has 1 saturated carbocycles. The van der Waals surface area contributed by atoms with Crippen molar-refractivity contribution in [3.8, 4) is 0 Å². The van der Waals surface area contributed by atoms with Crippen molar-refractivity contribution < 1.29 is 4.74 Å². The van der Waals surface area contributed by atoms with Crippen molar-refractivity contribution >= 4 is 0 Å². The summed E-state index contributed by atoms with van der Waals surface area (Å²) in [5.41, 5.74) is 0. The van der Waals surface area contributed by atoms with Crippen LogP contribution in [0.2, 0.25) is 0 Å². The molecule has 0 aromatic carbocycles. The van der Waals surface area contributed by atoms with E-state index in [1.165, 1.54) is 12.8 Å². The molecule has 2 heteroatoms. The van der Waals surface area contributed by atoms with Crippen LogP contribution in [0.25, 0.3) is 0 Å². The second-order valence-electron chi connectivity index (χ2n) is 5.29. The number of hydrogen-bond acceptors (Lipinski definition) is 2. The fourth-order valence-electron chi connectivity index (χ4n) is 2.65. The summed E-state index contributed by atoms with van der Waals surface area (Å²) in [7, 11) is 0. The fraction of sp³-hybridized carbons (Fsp3) is 1.00. The van der Waals surface area contributed by atoms with Gasteiger partial charge in [0, 0.05) is 18.7 Å². The van der Waals surface area contributed by atoms with Crippen molar-refractivity contribution in [2.75, 3.05) is 13.2 Å². The first kappa shape index (κ1) is 10.4. The minimum Gasteiger partial charge on any atom is -0.381 e. The lowest BCUT2D eigenvalue weighted by Crippen LogP contribution is -2.55. The summed E-state index contributed by atoms with van der Waals surface area (Å²) < 4.78 is 5.45. The van der Waals surface area contributed by atoms with Crippen LogP contribution in [0, 0.1) is 17.8 Å². The molecule has 0 radical (unpaired) electrons. The van der Waals surface area contributed by atoms with Gasteiger partial charge in [0.25, 0.3) is 0 Å². The van der Waals surface area contributed by atoms with Crippen molar-refractivity contribution in [3.63, 3.8) is 0 Å². The van der Waals surface area contributed by atoms with Crippen molar-refractivity contribution in [2.45, 2.75) is 45.7 Å². The zero-order valence-corrected chi connectivity index (χ0v) is 9.62. The summed E-state index contributed by atoms with van der Waals surface area (Å²) in [6, 6.07) is 1.47. The van der Waals surface area contributed by atoms with Crippen LogP contribution in [-0.4, -0.2) is 25.3 Å². The van der Waals surface area contributed by atoms with Gasteiger partial charge in [0.1, 0.15) is 0 Å². The van der Waals surface area contributed by atoms with Gasteiger partial charge in [0.05, 0.1) is 6.61 Å². The molecule has 0 bridgehead atoms. The molecule has 2 rings (SSSR count). The molecule has 1 heterocycles. The SMILES string of the molecule is CC1COCCC1NC1CC(C)C1C. The van der Waals surface area contributed by atoms with Crippen LogP contribution in [-0.2, 0) is 4.74 Å². The monoisotopic (exact) mass is 197 g/mol. The summed E-state index contributed by atoms with van der Waals surface area (Å²) in [4.78, 5) is 0. The minimum atomic E-state index is 0.687. The Morgan fingerprint density at radius 2 is 1.86 bits per heavy atom. The number of ether oxygens (including phenoxy) is 1. The highest BCUT2D eigenvalue weighted by molar-refractivity contribution is 4.92. The van der Waals surface area contributed by atoms with Crippen LogP contribution in [0.5, 0.6) is 0 Å². The van der Waals surface area contributed by atoms with E-state index < -0.39 is 0 Å². The van der Waals surface area contributed by atoms with Gasteiger partial charge in [-0.05, 0) is 30.6 Å². The molecule has 1 aliphatic heterocycles. The van der Waals surface area contributed by atoms with E-state index in [-0.39, 0.29) is 0 Å². The molecular weight excluding hydrogens is 174 g/mol. The summed E-state index contributed by atoms with van der Waals surface area (Å²) >= 11 is 0. The second-order valence-corrected chi connectivity index (χ2v) is 5.29. The topological polar surface area (TPSA) is 21.3 Å². The maximum atomic E-state index is 5.45. The first-order valence-corrected chi connectivity index (χ1v) is 6.02. The maximum Gasteiger partial charge on any atom is 0.0506 e. The zero-order chi connectivity index (χ0) is 10.1. The van der Waals surface area contributed by atoms with Gasteiger partial charge in [-0.15, -0.1) is 0 Å². The highest BCUT2D eigenvalue weighted by Crippen LogP contribution is 2.34. The van der Waals surface area contributed by atoms with Crippen LogP contribution in [0.4, 0.5) is 0 Å². The molecule has 2 fully saturated rings. The van der Waals surface area contributed by atoms with Gasteiger partial charge in [-0.2, -0.15) is 0 Å². The molecule has 0 amide bonds. The highest BCUT2D eigenvalue weighted by atomic mass is 16.5. The molecule has 0 aromatic heterocycles. The number of hydrogen-bond donors (Lipinski definition) is 1.